The number of carbonyl (C=O) groups is 1. The number of thiocarbonyl (C=S) groups is 1. The molecule has 4 nitrogen and oxygen atoms in total. The van der Waals surface area contributed by atoms with Crippen LogP contribution >= 0.6 is 12.2 Å². The van der Waals surface area contributed by atoms with Crippen LogP contribution in [0.2, 0.25) is 0 Å². The maximum absolute atomic E-state index is 13.6. The second kappa shape index (κ2) is 6.65. The average molecular weight is 298 g/mol. The molecule has 0 radical (unpaired) electrons. The third kappa shape index (κ3) is 4.77. The molecule has 0 unspecified atom stereocenters. The number of halogens is 1. The van der Waals surface area contributed by atoms with Crippen molar-refractivity contribution in [3.63, 3.8) is 0 Å². The predicted molar refractivity (Wildman–Crippen MR) is 80.3 cm³/mol. The quantitative estimate of drug-likeness (QED) is 0.790. The largest absolute Gasteiger partial charge is 0.484 e. The van der Waals surface area contributed by atoms with Gasteiger partial charge in [-0.25, -0.2) is 4.39 Å². The van der Waals surface area contributed by atoms with Crippen LogP contribution in [0.3, 0.4) is 0 Å². The van der Waals surface area contributed by atoms with Crippen LogP contribution in [0.1, 0.15) is 32.8 Å². The molecule has 1 amide bonds. The van der Waals surface area contributed by atoms with Crippen LogP contribution in [-0.2, 0) is 4.79 Å². The molecule has 0 atom stereocenters. The van der Waals surface area contributed by atoms with E-state index >= 15 is 0 Å². The Kier molecular flexibility index (Phi) is 5.44. The molecular formula is C14H19FN2O2S. The second-order valence-corrected chi connectivity index (χ2v) is 5.52. The molecule has 0 fully saturated rings. The molecule has 1 aromatic rings. The van der Waals surface area contributed by atoms with Gasteiger partial charge in [0.2, 0.25) is 0 Å². The lowest BCUT2D eigenvalue weighted by molar-refractivity contribution is -0.124. The molecule has 0 aliphatic heterocycles. The summed E-state index contributed by atoms with van der Waals surface area (Å²) in [7, 11) is 0. The Morgan fingerprint density at radius 3 is 2.65 bits per heavy atom. The third-order valence-electron chi connectivity index (χ3n) is 2.94. The van der Waals surface area contributed by atoms with Crippen LogP contribution in [0, 0.1) is 5.82 Å². The molecule has 0 spiro atoms. The molecule has 0 saturated carbocycles. The lowest BCUT2D eigenvalue weighted by atomic mass is 10.0. The molecule has 3 N–H and O–H groups in total. The first-order valence-corrected chi connectivity index (χ1v) is 6.69. The van der Waals surface area contributed by atoms with Gasteiger partial charge in [-0.2, -0.15) is 0 Å². The van der Waals surface area contributed by atoms with Crippen molar-refractivity contribution >= 4 is 23.1 Å². The SMILES string of the molecule is CCC(C)(C)NC(=O)COc1ccc(C(N)=S)c(F)c1. The number of rotatable bonds is 6. The van der Waals surface area contributed by atoms with E-state index in [1.807, 2.05) is 20.8 Å². The van der Waals surface area contributed by atoms with Crippen molar-refractivity contribution in [2.75, 3.05) is 6.61 Å². The summed E-state index contributed by atoms with van der Waals surface area (Å²) < 4.78 is 18.8. The molecule has 0 bridgehead atoms. The number of amides is 1. The second-order valence-electron chi connectivity index (χ2n) is 5.08. The summed E-state index contributed by atoms with van der Waals surface area (Å²) in [6.45, 7) is 5.64. The summed E-state index contributed by atoms with van der Waals surface area (Å²) in [5.74, 6) is -0.563. The normalized spacial score (nSPS) is 11.0. The van der Waals surface area contributed by atoms with Gasteiger partial charge in [-0.3, -0.25) is 4.79 Å². The van der Waals surface area contributed by atoms with Gasteiger partial charge in [0.15, 0.2) is 6.61 Å². The maximum Gasteiger partial charge on any atom is 0.258 e. The Hall–Kier alpha value is -1.69. The zero-order chi connectivity index (χ0) is 15.3. The molecule has 6 heteroatoms. The highest BCUT2D eigenvalue weighted by atomic mass is 32.1. The fourth-order valence-electron chi connectivity index (χ4n) is 1.44. The third-order valence-corrected chi connectivity index (χ3v) is 3.16. The minimum absolute atomic E-state index is 0.0171. The van der Waals surface area contributed by atoms with Gasteiger partial charge < -0.3 is 15.8 Å². The number of nitrogens with one attached hydrogen (secondary N) is 1. The summed E-state index contributed by atoms with van der Waals surface area (Å²) in [6, 6.07) is 4.11. The van der Waals surface area contributed by atoms with E-state index in [1.165, 1.54) is 12.1 Å². The lowest BCUT2D eigenvalue weighted by Crippen LogP contribution is -2.44. The van der Waals surface area contributed by atoms with Gasteiger partial charge in [-0.1, -0.05) is 19.1 Å². The van der Waals surface area contributed by atoms with E-state index in [0.29, 0.717) is 0 Å². The molecule has 1 rings (SSSR count). The van der Waals surface area contributed by atoms with E-state index in [0.717, 1.165) is 12.5 Å². The van der Waals surface area contributed by atoms with Gasteiger partial charge in [-0.05, 0) is 32.4 Å². The monoisotopic (exact) mass is 298 g/mol. The molecule has 1 aromatic carbocycles. The Bertz CT molecular complexity index is 518. The molecule has 110 valence electrons. The van der Waals surface area contributed by atoms with Crippen molar-refractivity contribution in [2.45, 2.75) is 32.7 Å². The van der Waals surface area contributed by atoms with E-state index in [4.69, 9.17) is 22.7 Å². The lowest BCUT2D eigenvalue weighted by Gasteiger charge is -2.24. The van der Waals surface area contributed by atoms with E-state index < -0.39 is 5.82 Å². The Morgan fingerprint density at radius 1 is 1.50 bits per heavy atom. The van der Waals surface area contributed by atoms with Crippen LogP contribution < -0.4 is 15.8 Å². The zero-order valence-corrected chi connectivity index (χ0v) is 12.6. The standard InChI is InChI=1S/C14H19FN2O2S/c1-4-14(2,3)17-12(18)8-19-9-5-6-10(13(16)20)11(15)7-9/h5-7H,4,8H2,1-3H3,(H2,16,20)(H,17,18). The summed E-state index contributed by atoms with van der Waals surface area (Å²) in [6.07, 6.45) is 0.802. The number of hydrogen-bond acceptors (Lipinski definition) is 3. The molecular weight excluding hydrogens is 279 g/mol. The van der Waals surface area contributed by atoms with Crippen molar-refractivity contribution in [2.24, 2.45) is 5.73 Å². The molecule has 0 saturated heterocycles. The number of nitrogens with two attached hydrogens (primary N) is 1. The van der Waals surface area contributed by atoms with Crippen molar-refractivity contribution in [1.82, 2.24) is 5.32 Å². The summed E-state index contributed by atoms with van der Waals surface area (Å²) in [5.41, 5.74) is 5.22. The Morgan fingerprint density at radius 2 is 2.15 bits per heavy atom. The fourth-order valence-corrected chi connectivity index (χ4v) is 1.60. The minimum atomic E-state index is -0.565. The van der Waals surface area contributed by atoms with E-state index in [1.54, 1.807) is 0 Å². The van der Waals surface area contributed by atoms with Crippen LogP contribution in [0.4, 0.5) is 4.39 Å². The van der Waals surface area contributed by atoms with Gasteiger partial charge in [0.05, 0.1) is 0 Å². The first-order valence-electron chi connectivity index (χ1n) is 6.28. The van der Waals surface area contributed by atoms with Crippen molar-refractivity contribution in [1.29, 1.82) is 0 Å². The summed E-state index contributed by atoms with van der Waals surface area (Å²) in [5, 5.41) is 2.82. The average Bonchev–Trinajstić information content (AvgIpc) is 2.35. The smallest absolute Gasteiger partial charge is 0.258 e. The number of benzene rings is 1. The highest BCUT2D eigenvalue weighted by molar-refractivity contribution is 7.80. The number of ether oxygens (including phenoxy) is 1. The highest BCUT2D eigenvalue weighted by Crippen LogP contribution is 2.16. The minimum Gasteiger partial charge on any atom is -0.484 e. The van der Waals surface area contributed by atoms with Crippen LogP contribution in [0.5, 0.6) is 5.75 Å². The van der Waals surface area contributed by atoms with Gasteiger partial charge in [0.1, 0.15) is 16.6 Å². The topological polar surface area (TPSA) is 64.3 Å². The van der Waals surface area contributed by atoms with Crippen LogP contribution in [0.25, 0.3) is 0 Å². The fraction of sp³-hybridized carbons (Fsp3) is 0.429. The Labute approximate surface area is 123 Å². The van der Waals surface area contributed by atoms with Crippen molar-refractivity contribution < 1.29 is 13.9 Å². The number of hydrogen-bond donors (Lipinski definition) is 2. The first-order chi connectivity index (χ1) is 9.25. The summed E-state index contributed by atoms with van der Waals surface area (Å²) in [4.78, 5) is 11.7. The maximum atomic E-state index is 13.6. The predicted octanol–water partition coefficient (Wildman–Crippen LogP) is 2.14. The van der Waals surface area contributed by atoms with Gasteiger partial charge >= 0.3 is 0 Å². The van der Waals surface area contributed by atoms with Crippen molar-refractivity contribution in [3.05, 3.63) is 29.6 Å². The molecule has 0 aliphatic carbocycles. The highest BCUT2D eigenvalue weighted by Gasteiger charge is 2.18. The molecule has 0 aromatic heterocycles. The zero-order valence-electron chi connectivity index (χ0n) is 11.8. The van der Waals surface area contributed by atoms with Gasteiger partial charge in [-0.15, -0.1) is 0 Å². The van der Waals surface area contributed by atoms with Gasteiger partial charge in [0, 0.05) is 17.2 Å². The summed E-state index contributed by atoms with van der Waals surface area (Å²) >= 11 is 4.70. The Balaban J connectivity index is 2.60. The molecule has 0 heterocycles. The van der Waals surface area contributed by atoms with Crippen LogP contribution in [0.15, 0.2) is 18.2 Å². The van der Waals surface area contributed by atoms with Crippen molar-refractivity contribution in [3.8, 4) is 5.75 Å². The van der Waals surface area contributed by atoms with E-state index in [-0.39, 0.29) is 34.4 Å². The van der Waals surface area contributed by atoms with E-state index in [2.05, 4.69) is 5.32 Å². The molecule has 0 aliphatic rings. The number of carbonyl (C=O) groups excluding carboxylic acids is 1. The van der Waals surface area contributed by atoms with E-state index in [9.17, 15) is 9.18 Å². The molecule has 20 heavy (non-hydrogen) atoms. The first kappa shape index (κ1) is 16.4. The van der Waals surface area contributed by atoms with Gasteiger partial charge in [0.25, 0.3) is 5.91 Å². The van der Waals surface area contributed by atoms with Crippen LogP contribution in [-0.4, -0.2) is 23.0 Å².